The molecule has 0 saturated carbocycles. The topological polar surface area (TPSA) is 55.5 Å². The van der Waals surface area contributed by atoms with Crippen LogP contribution in [0.15, 0.2) is 12.3 Å². The van der Waals surface area contributed by atoms with Gasteiger partial charge in [-0.3, -0.25) is 5.73 Å². The summed E-state index contributed by atoms with van der Waals surface area (Å²) >= 11 is 0. The highest BCUT2D eigenvalue weighted by Gasteiger charge is 2.15. The summed E-state index contributed by atoms with van der Waals surface area (Å²) in [6.45, 7) is 0. The lowest BCUT2D eigenvalue weighted by Crippen LogP contribution is -2.30. The van der Waals surface area contributed by atoms with E-state index in [4.69, 9.17) is 10.8 Å². The number of ether oxygens (including phenoxy) is 1. The van der Waals surface area contributed by atoms with Gasteiger partial charge in [0, 0.05) is 0 Å². The van der Waals surface area contributed by atoms with Crippen LogP contribution >= 0.6 is 0 Å². The third-order valence-electron chi connectivity index (χ3n) is 0.848. The number of aliphatic hydroxyl groups excluding tert-OH is 1. The summed E-state index contributed by atoms with van der Waals surface area (Å²) in [4.78, 5) is 0. The summed E-state index contributed by atoms with van der Waals surface area (Å²) in [5.74, 6) is 0. The molecule has 0 bridgehead atoms. The van der Waals surface area contributed by atoms with Crippen molar-refractivity contribution in [1.82, 2.24) is 0 Å². The van der Waals surface area contributed by atoms with E-state index in [9.17, 15) is 0 Å². The lowest BCUT2D eigenvalue weighted by atomic mass is 10.3. The second-order valence-corrected chi connectivity index (χ2v) is 1.42. The van der Waals surface area contributed by atoms with E-state index >= 15 is 0 Å². The van der Waals surface area contributed by atoms with E-state index in [0.717, 1.165) is 0 Å². The van der Waals surface area contributed by atoms with Gasteiger partial charge in [-0.1, -0.05) is 0 Å². The molecular weight excluding hydrogens is 94.0 g/mol. The van der Waals surface area contributed by atoms with Gasteiger partial charge in [-0.25, -0.2) is 0 Å². The van der Waals surface area contributed by atoms with Gasteiger partial charge in [0.2, 0.25) is 0 Å². The summed E-state index contributed by atoms with van der Waals surface area (Å²) in [6.07, 6.45) is 1.75. The zero-order chi connectivity index (χ0) is 5.28. The first kappa shape index (κ1) is 4.61. The summed E-state index contributed by atoms with van der Waals surface area (Å²) in [5, 5.41) is 8.66. The molecule has 1 heterocycles. The second-order valence-electron chi connectivity index (χ2n) is 1.42. The van der Waals surface area contributed by atoms with Crippen molar-refractivity contribution in [2.45, 2.75) is 12.3 Å². The first-order valence-electron chi connectivity index (χ1n) is 2.06. The van der Waals surface area contributed by atoms with E-state index in [2.05, 4.69) is 4.74 Å². The van der Waals surface area contributed by atoms with Crippen molar-refractivity contribution in [3.63, 3.8) is 0 Å². The Morgan fingerprint density at radius 1 is 1.71 bits per heavy atom. The smallest absolute Gasteiger partial charge is 0.176 e. The Labute approximate surface area is 41.4 Å². The SMILES string of the molecule is NC1OC=CC1O. The number of nitrogens with two attached hydrogens (primary N) is 1. The van der Waals surface area contributed by atoms with Crippen LogP contribution in [0.25, 0.3) is 0 Å². The van der Waals surface area contributed by atoms with Crippen LogP contribution in [0.4, 0.5) is 0 Å². The van der Waals surface area contributed by atoms with Gasteiger partial charge in [-0.2, -0.15) is 0 Å². The van der Waals surface area contributed by atoms with E-state index in [-0.39, 0.29) is 0 Å². The molecule has 2 unspecified atom stereocenters. The summed E-state index contributed by atoms with van der Waals surface area (Å²) in [7, 11) is 0. The Hall–Kier alpha value is -0.540. The fourth-order valence-corrected chi connectivity index (χ4v) is 0.407. The van der Waals surface area contributed by atoms with Crippen LogP contribution in [-0.2, 0) is 4.74 Å². The molecule has 3 N–H and O–H groups in total. The van der Waals surface area contributed by atoms with Gasteiger partial charge in [-0.15, -0.1) is 0 Å². The standard InChI is InChI=1S/C4H7NO2/c5-4-3(6)1-2-7-4/h1-4,6H,5H2. The highest BCUT2D eigenvalue weighted by atomic mass is 16.5. The number of rotatable bonds is 0. The maximum absolute atomic E-state index is 8.66. The molecule has 0 aromatic carbocycles. The van der Waals surface area contributed by atoms with Gasteiger partial charge in [0.05, 0.1) is 6.26 Å². The van der Waals surface area contributed by atoms with Crippen LogP contribution in [-0.4, -0.2) is 17.4 Å². The Bertz CT molecular complexity index is 91.7. The number of aliphatic hydroxyl groups is 1. The highest BCUT2D eigenvalue weighted by Crippen LogP contribution is 2.02. The molecule has 3 heteroatoms. The van der Waals surface area contributed by atoms with E-state index < -0.39 is 12.3 Å². The van der Waals surface area contributed by atoms with Crippen molar-refractivity contribution in [2.24, 2.45) is 5.73 Å². The minimum absolute atomic E-state index is 0.542. The first-order chi connectivity index (χ1) is 3.30. The average molecular weight is 101 g/mol. The normalized spacial score (nSPS) is 38.6. The molecule has 0 aromatic rings. The molecule has 40 valence electrons. The molecule has 2 atom stereocenters. The molecule has 1 rings (SSSR count). The fraction of sp³-hybridized carbons (Fsp3) is 0.500. The van der Waals surface area contributed by atoms with Gasteiger partial charge in [0.25, 0.3) is 0 Å². The Morgan fingerprint density at radius 2 is 2.43 bits per heavy atom. The van der Waals surface area contributed by atoms with Crippen molar-refractivity contribution in [3.05, 3.63) is 12.3 Å². The quantitative estimate of drug-likeness (QED) is 0.419. The summed E-state index contributed by atoms with van der Waals surface area (Å²) in [6, 6.07) is 0. The molecule has 0 saturated heterocycles. The van der Waals surface area contributed by atoms with Gasteiger partial charge in [-0.05, 0) is 6.08 Å². The molecule has 1 aliphatic rings. The fourth-order valence-electron chi connectivity index (χ4n) is 0.407. The highest BCUT2D eigenvalue weighted by molar-refractivity contribution is 4.93. The largest absolute Gasteiger partial charge is 0.480 e. The van der Waals surface area contributed by atoms with Gasteiger partial charge < -0.3 is 9.84 Å². The summed E-state index contributed by atoms with van der Waals surface area (Å²) < 4.78 is 4.61. The van der Waals surface area contributed by atoms with Crippen molar-refractivity contribution in [2.75, 3.05) is 0 Å². The van der Waals surface area contributed by atoms with Crippen LogP contribution in [0.2, 0.25) is 0 Å². The molecule has 0 amide bonds. The predicted octanol–water partition coefficient (Wildman–Crippen LogP) is -0.824. The van der Waals surface area contributed by atoms with Gasteiger partial charge >= 0.3 is 0 Å². The average Bonchev–Trinajstić information content (AvgIpc) is 1.91. The molecule has 0 aliphatic carbocycles. The molecule has 0 aromatic heterocycles. The lowest BCUT2D eigenvalue weighted by Gasteiger charge is -2.05. The van der Waals surface area contributed by atoms with Crippen molar-refractivity contribution in [3.8, 4) is 0 Å². The predicted molar refractivity (Wildman–Crippen MR) is 24.2 cm³/mol. The second kappa shape index (κ2) is 1.52. The van der Waals surface area contributed by atoms with Crippen LogP contribution in [0.3, 0.4) is 0 Å². The third-order valence-corrected chi connectivity index (χ3v) is 0.848. The summed E-state index contributed by atoms with van der Waals surface area (Å²) in [5.41, 5.74) is 5.14. The number of hydrogen-bond acceptors (Lipinski definition) is 3. The maximum Gasteiger partial charge on any atom is 0.176 e. The van der Waals surface area contributed by atoms with E-state index in [1.807, 2.05) is 0 Å². The van der Waals surface area contributed by atoms with E-state index in [1.165, 1.54) is 12.3 Å². The zero-order valence-electron chi connectivity index (χ0n) is 3.74. The molecule has 3 nitrogen and oxygen atoms in total. The third kappa shape index (κ3) is 0.730. The van der Waals surface area contributed by atoms with Crippen LogP contribution in [0.1, 0.15) is 0 Å². The number of hydrogen-bond donors (Lipinski definition) is 2. The Kier molecular flexibility index (Phi) is 1.00. The van der Waals surface area contributed by atoms with Crippen LogP contribution < -0.4 is 5.73 Å². The molecule has 0 spiro atoms. The van der Waals surface area contributed by atoms with E-state index in [1.54, 1.807) is 0 Å². The molecule has 0 fully saturated rings. The van der Waals surface area contributed by atoms with Crippen LogP contribution in [0.5, 0.6) is 0 Å². The van der Waals surface area contributed by atoms with Crippen molar-refractivity contribution >= 4 is 0 Å². The first-order valence-corrected chi connectivity index (χ1v) is 2.06. The molecule has 7 heavy (non-hydrogen) atoms. The minimum atomic E-state index is -0.611. The monoisotopic (exact) mass is 101 g/mol. The van der Waals surface area contributed by atoms with Gasteiger partial charge in [0.1, 0.15) is 6.10 Å². The zero-order valence-corrected chi connectivity index (χ0v) is 3.74. The maximum atomic E-state index is 8.66. The Balaban J connectivity index is 2.45. The molecule has 1 aliphatic heterocycles. The van der Waals surface area contributed by atoms with Crippen LogP contribution in [0, 0.1) is 0 Å². The van der Waals surface area contributed by atoms with Gasteiger partial charge in [0.15, 0.2) is 6.23 Å². The van der Waals surface area contributed by atoms with E-state index in [0.29, 0.717) is 0 Å². The molecule has 0 radical (unpaired) electrons. The van der Waals surface area contributed by atoms with Crippen molar-refractivity contribution < 1.29 is 9.84 Å². The minimum Gasteiger partial charge on any atom is -0.480 e. The molecular formula is C4H7NO2. The lowest BCUT2D eigenvalue weighted by molar-refractivity contribution is 0.0684. The Morgan fingerprint density at radius 3 is 2.57 bits per heavy atom. The van der Waals surface area contributed by atoms with Crippen molar-refractivity contribution in [1.29, 1.82) is 0 Å².